The second kappa shape index (κ2) is 6.17. The van der Waals surface area contributed by atoms with Gasteiger partial charge in [0.15, 0.2) is 11.0 Å². The van der Waals surface area contributed by atoms with Crippen LogP contribution in [0.4, 0.5) is 0 Å². The zero-order valence-electron chi connectivity index (χ0n) is 13.7. The molecule has 5 heteroatoms. The van der Waals surface area contributed by atoms with E-state index >= 15 is 0 Å². The molecule has 2 heterocycles. The minimum absolute atomic E-state index is 0.869. The number of benzene rings is 2. The van der Waals surface area contributed by atoms with Crippen molar-refractivity contribution in [1.82, 2.24) is 19.7 Å². The van der Waals surface area contributed by atoms with E-state index < -0.39 is 0 Å². The standard InChI is InChI=1S/C19H18N4S/c1-3-24-19-22-21-18(23(19)14-8-6-7-13(2)11-14)16-12-20-17-10-5-4-9-15(16)17/h4-12,20H,3H2,1-2H3. The highest BCUT2D eigenvalue weighted by atomic mass is 32.2. The maximum absolute atomic E-state index is 4.51. The Morgan fingerprint density at radius 3 is 2.79 bits per heavy atom. The van der Waals surface area contributed by atoms with E-state index in [1.54, 1.807) is 11.8 Å². The lowest BCUT2D eigenvalue weighted by Gasteiger charge is -2.10. The van der Waals surface area contributed by atoms with Gasteiger partial charge in [-0.25, -0.2) is 0 Å². The van der Waals surface area contributed by atoms with Crippen LogP contribution in [0.25, 0.3) is 28.0 Å². The zero-order valence-corrected chi connectivity index (χ0v) is 14.5. The Kier molecular flexibility index (Phi) is 3.86. The predicted molar refractivity (Wildman–Crippen MR) is 99.8 cm³/mol. The number of hydrogen-bond donors (Lipinski definition) is 1. The van der Waals surface area contributed by atoms with Gasteiger partial charge >= 0.3 is 0 Å². The van der Waals surface area contributed by atoms with Crippen LogP contribution in [0.2, 0.25) is 0 Å². The molecule has 0 radical (unpaired) electrons. The minimum Gasteiger partial charge on any atom is -0.360 e. The molecule has 4 rings (SSSR count). The highest BCUT2D eigenvalue weighted by molar-refractivity contribution is 7.99. The molecule has 0 amide bonds. The van der Waals surface area contributed by atoms with Crippen LogP contribution in [0, 0.1) is 6.92 Å². The van der Waals surface area contributed by atoms with Crippen LogP contribution in [0.3, 0.4) is 0 Å². The quantitative estimate of drug-likeness (QED) is 0.543. The first-order valence-electron chi connectivity index (χ1n) is 7.99. The third kappa shape index (κ3) is 2.51. The molecule has 0 aliphatic heterocycles. The van der Waals surface area contributed by atoms with Crippen molar-refractivity contribution in [3.05, 3.63) is 60.3 Å². The Balaban J connectivity index is 1.96. The van der Waals surface area contributed by atoms with Crippen molar-refractivity contribution in [2.24, 2.45) is 0 Å². The zero-order chi connectivity index (χ0) is 16.5. The molecule has 0 fully saturated rings. The van der Waals surface area contributed by atoms with Gasteiger partial charge in [-0.2, -0.15) is 0 Å². The minimum atomic E-state index is 0.869. The molecule has 0 unspecified atom stereocenters. The van der Waals surface area contributed by atoms with Gasteiger partial charge in [0, 0.05) is 28.4 Å². The molecule has 0 saturated carbocycles. The monoisotopic (exact) mass is 334 g/mol. The van der Waals surface area contributed by atoms with E-state index in [1.807, 2.05) is 12.3 Å². The van der Waals surface area contributed by atoms with Gasteiger partial charge in [0.2, 0.25) is 0 Å². The molecule has 2 aromatic carbocycles. The molecule has 24 heavy (non-hydrogen) atoms. The second-order valence-electron chi connectivity index (χ2n) is 5.66. The van der Waals surface area contributed by atoms with Crippen molar-refractivity contribution in [1.29, 1.82) is 0 Å². The Bertz CT molecular complexity index is 999. The van der Waals surface area contributed by atoms with E-state index in [9.17, 15) is 0 Å². The van der Waals surface area contributed by atoms with Crippen molar-refractivity contribution in [3.8, 4) is 17.1 Å². The Morgan fingerprint density at radius 2 is 1.96 bits per heavy atom. The van der Waals surface area contributed by atoms with E-state index in [1.165, 1.54) is 5.56 Å². The fraction of sp³-hybridized carbons (Fsp3) is 0.158. The summed E-state index contributed by atoms with van der Waals surface area (Å²) in [7, 11) is 0. The number of para-hydroxylation sites is 1. The molecule has 1 N–H and O–H groups in total. The van der Waals surface area contributed by atoms with Crippen molar-refractivity contribution in [2.75, 3.05) is 5.75 Å². The Labute approximate surface area is 144 Å². The van der Waals surface area contributed by atoms with E-state index in [-0.39, 0.29) is 0 Å². The summed E-state index contributed by atoms with van der Waals surface area (Å²) in [5.41, 5.74) is 4.49. The Morgan fingerprint density at radius 1 is 1.08 bits per heavy atom. The van der Waals surface area contributed by atoms with E-state index in [2.05, 4.69) is 76.1 Å². The predicted octanol–water partition coefficient (Wildman–Crippen LogP) is 4.84. The molecule has 0 saturated heterocycles. The number of thioether (sulfide) groups is 1. The van der Waals surface area contributed by atoms with Gasteiger partial charge in [-0.3, -0.25) is 4.57 Å². The summed E-state index contributed by atoms with van der Waals surface area (Å²) in [6.45, 7) is 4.23. The van der Waals surface area contributed by atoms with Gasteiger partial charge in [0.05, 0.1) is 0 Å². The van der Waals surface area contributed by atoms with Crippen LogP contribution in [0.5, 0.6) is 0 Å². The number of aryl methyl sites for hydroxylation is 1. The topological polar surface area (TPSA) is 46.5 Å². The fourth-order valence-electron chi connectivity index (χ4n) is 2.92. The molecule has 0 aliphatic rings. The number of nitrogens with zero attached hydrogens (tertiary/aromatic N) is 3. The molecular formula is C19H18N4S. The highest BCUT2D eigenvalue weighted by Gasteiger charge is 2.18. The first-order valence-corrected chi connectivity index (χ1v) is 8.98. The molecule has 4 nitrogen and oxygen atoms in total. The van der Waals surface area contributed by atoms with Crippen LogP contribution in [-0.4, -0.2) is 25.5 Å². The van der Waals surface area contributed by atoms with Crippen molar-refractivity contribution in [3.63, 3.8) is 0 Å². The van der Waals surface area contributed by atoms with Crippen LogP contribution in [-0.2, 0) is 0 Å². The maximum atomic E-state index is 4.51. The van der Waals surface area contributed by atoms with Crippen LogP contribution >= 0.6 is 11.8 Å². The van der Waals surface area contributed by atoms with Gasteiger partial charge in [0.1, 0.15) is 0 Å². The van der Waals surface area contributed by atoms with Gasteiger partial charge < -0.3 is 4.98 Å². The van der Waals surface area contributed by atoms with E-state index in [0.29, 0.717) is 0 Å². The third-order valence-corrected chi connectivity index (χ3v) is 4.81. The molecule has 0 atom stereocenters. The van der Waals surface area contributed by atoms with Crippen molar-refractivity contribution < 1.29 is 0 Å². The number of H-pyrrole nitrogens is 1. The molecule has 0 spiro atoms. The lowest BCUT2D eigenvalue weighted by molar-refractivity contribution is 0.886. The molecule has 0 aliphatic carbocycles. The third-order valence-electron chi connectivity index (χ3n) is 4.00. The molecule has 4 aromatic rings. The number of fused-ring (bicyclic) bond motifs is 1. The summed E-state index contributed by atoms with van der Waals surface area (Å²) in [5, 5.41) is 11.0. The molecule has 120 valence electrons. The normalized spacial score (nSPS) is 11.2. The first-order chi connectivity index (χ1) is 11.8. The Hall–Kier alpha value is -2.53. The average Bonchev–Trinajstić information content (AvgIpc) is 3.19. The van der Waals surface area contributed by atoms with Crippen LogP contribution < -0.4 is 0 Å². The molecular weight excluding hydrogens is 316 g/mol. The maximum Gasteiger partial charge on any atom is 0.196 e. The smallest absolute Gasteiger partial charge is 0.196 e. The summed E-state index contributed by atoms with van der Waals surface area (Å²) in [5.74, 6) is 1.83. The van der Waals surface area contributed by atoms with Crippen LogP contribution in [0.1, 0.15) is 12.5 Å². The summed E-state index contributed by atoms with van der Waals surface area (Å²) in [4.78, 5) is 3.33. The van der Waals surface area contributed by atoms with E-state index in [0.717, 1.165) is 38.9 Å². The average molecular weight is 334 g/mol. The second-order valence-corrected chi connectivity index (χ2v) is 6.89. The van der Waals surface area contributed by atoms with Gasteiger partial charge in [-0.15, -0.1) is 10.2 Å². The summed E-state index contributed by atoms with van der Waals surface area (Å²) >= 11 is 1.71. The summed E-state index contributed by atoms with van der Waals surface area (Å²) in [6, 6.07) is 16.7. The molecule has 2 aromatic heterocycles. The van der Waals surface area contributed by atoms with Gasteiger partial charge in [-0.1, -0.05) is 49.0 Å². The summed E-state index contributed by atoms with van der Waals surface area (Å²) in [6.07, 6.45) is 2.02. The number of hydrogen-bond acceptors (Lipinski definition) is 3. The molecule has 0 bridgehead atoms. The lowest BCUT2D eigenvalue weighted by atomic mass is 10.1. The summed E-state index contributed by atoms with van der Waals surface area (Å²) < 4.78 is 2.15. The van der Waals surface area contributed by atoms with Crippen LogP contribution in [0.15, 0.2) is 59.9 Å². The van der Waals surface area contributed by atoms with Gasteiger partial charge in [-0.05, 0) is 36.4 Å². The van der Waals surface area contributed by atoms with Crippen molar-refractivity contribution in [2.45, 2.75) is 19.0 Å². The van der Waals surface area contributed by atoms with E-state index in [4.69, 9.17) is 0 Å². The van der Waals surface area contributed by atoms with Crippen molar-refractivity contribution >= 4 is 22.7 Å². The lowest BCUT2D eigenvalue weighted by Crippen LogP contribution is -1.99. The van der Waals surface area contributed by atoms with Gasteiger partial charge in [0.25, 0.3) is 0 Å². The first kappa shape index (κ1) is 15.0. The number of nitrogens with one attached hydrogen (secondary N) is 1. The highest BCUT2D eigenvalue weighted by Crippen LogP contribution is 2.32. The number of aromatic nitrogens is 4. The SMILES string of the molecule is CCSc1nnc(-c2c[nH]c3ccccc23)n1-c1cccc(C)c1. The fourth-order valence-corrected chi connectivity index (χ4v) is 3.60. The largest absolute Gasteiger partial charge is 0.360 e. The number of aromatic amines is 1. The number of rotatable bonds is 4.